The second kappa shape index (κ2) is 9.91. The summed E-state index contributed by atoms with van der Waals surface area (Å²) in [7, 11) is 0. The number of urea groups is 1. The number of carbonyl (C=O) groups is 3. The first-order valence-electron chi connectivity index (χ1n) is 11.6. The standard InChI is InChI=1S/C24H30N4O4S/c1-3-13-32-18-7-5-17(6-8-18)19-15-33-22(25-19)26-20(29)14-28-21(30)24(27-23(28)31)11-9-16(4-2)10-12-24/h5-8,15-16H,3-4,9-14H2,1-2H3,(H,27,31)(H,25,26,29). The molecule has 2 N–H and O–H groups in total. The second-order valence-corrected chi connectivity index (χ2v) is 9.57. The number of hydrogen-bond donors (Lipinski definition) is 2. The lowest BCUT2D eigenvalue weighted by Gasteiger charge is -2.34. The first-order chi connectivity index (χ1) is 15.9. The minimum Gasteiger partial charge on any atom is -0.494 e. The van der Waals surface area contributed by atoms with E-state index in [1.807, 2.05) is 29.6 Å². The number of hydrogen-bond acceptors (Lipinski definition) is 6. The predicted octanol–water partition coefficient (Wildman–Crippen LogP) is 4.43. The molecule has 2 fully saturated rings. The topological polar surface area (TPSA) is 101 Å². The third-order valence-electron chi connectivity index (χ3n) is 6.46. The molecule has 1 spiro atoms. The van der Waals surface area contributed by atoms with Crippen molar-refractivity contribution in [3.8, 4) is 17.0 Å². The molecule has 176 valence electrons. The van der Waals surface area contributed by atoms with Gasteiger partial charge in [-0.15, -0.1) is 11.3 Å². The maximum absolute atomic E-state index is 13.0. The average molecular weight is 471 g/mol. The molecule has 0 unspecified atom stereocenters. The lowest BCUT2D eigenvalue weighted by molar-refractivity contribution is -0.135. The highest BCUT2D eigenvalue weighted by Crippen LogP contribution is 2.37. The number of amides is 4. The molecule has 1 aromatic heterocycles. The zero-order valence-corrected chi connectivity index (χ0v) is 19.9. The quantitative estimate of drug-likeness (QED) is 0.556. The van der Waals surface area contributed by atoms with Gasteiger partial charge in [0.25, 0.3) is 5.91 Å². The molecule has 1 aliphatic heterocycles. The van der Waals surface area contributed by atoms with Gasteiger partial charge in [0.15, 0.2) is 5.13 Å². The molecule has 33 heavy (non-hydrogen) atoms. The summed E-state index contributed by atoms with van der Waals surface area (Å²) in [6, 6.07) is 7.14. The average Bonchev–Trinajstić information content (AvgIpc) is 3.37. The van der Waals surface area contributed by atoms with Gasteiger partial charge < -0.3 is 15.4 Å². The third-order valence-corrected chi connectivity index (χ3v) is 7.21. The lowest BCUT2D eigenvalue weighted by atomic mass is 9.75. The Labute approximate surface area is 197 Å². The summed E-state index contributed by atoms with van der Waals surface area (Å²) >= 11 is 1.30. The molecule has 4 amide bonds. The van der Waals surface area contributed by atoms with E-state index >= 15 is 0 Å². The van der Waals surface area contributed by atoms with Crippen molar-refractivity contribution < 1.29 is 19.1 Å². The number of nitrogens with zero attached hydrogens (tertiary/aromatic N) is 2. The van der Waals surface area contributed by atoms with Crippen LogP contribution in [0.2, 0.25) is 0 Å². The Morgan fingerprint density at radius 1 is 1.24 bits per heavy atom. The van der Waals surface area contributed by atoms with Gasteiger partial charge in [0, 0.05) is 10.9 Å². The Morgan fingerprint density at radius 2 is 1.97 bits per heavy atom. The zero-order chi connectivity index (χ0) is 23.4. The van der Waals surface area contributed by atoms with Crippen LogP contribution in [-0.2, 0) is 9.59 Å². The normalized spacial score (nSPS) is 22.5. The minimum atomic E-state index is -0.843. The highest BCUT2D eigenvalue weighted by molar-refractivity contribution is 7.14. The Hall–Kier alpha value is -2.94. The third kappa shape index (κ3) is 5.03. The van der Waals surface area contributed by atoms with E-state index in [0.717, 1.165) is 47.6 Å². The lowest BCUT2D eigenvalue weighted by Crippen LogP contribution is -2.49. The highest BCUT2D eigenvalue weighted by Gasteiger charge is 2.52. The number of nitrogens with one attached hydrogen (secondary N) is 2. The Kier molecular flexibility index (Phi) is 6.97. The summed E-state index contributed by atoms with van der Waals surface area (Å²) in [6.07, 6.45) is 5.11. The van der Waals surface area contributed by atoms with Crippen LogP contribution in [0.15, 0.2) is 29.6 Å². The van der Waals surface area contributed by atoms with Crippen LogP contribution in [-0.4, -0.2) is 46.4 Å². The zero-order valence-electron chi connectivity index (χ0n) is 19.1. The van der Waals surface area contributed by atoms with Gasteiger partial charge in [-0.1, -0.05) is 20.3 Å². The van der Waals surface area contributed by atoms with E-state index in [-0.39, 0.29) is 12.5 Å². The number of thiazole rings is 1. The van der Waals surface area contributed by atoms with Crippen molar-refractivity contribution in [3.63, 3.8) is 0 Å². The van der Waals surface area contributed by atoms with Crippen LogP contribution >= 0.6 is 11.3 Å². The molecule has 1 aromatic carbocycles. The largest absolute Gasteiger partial charge is 0.494 e. The number of benzene rings is 1. The Balaban J connectivity index is 1.34. The van der Waals surface area contributed by atoms with Gasteiger partial charge in [0.2, 0.25) is 5.91 Å². The number of ether oxygens (including phenoxy) is 1. The van der Waals surface area contributed by atoms with E-state index in [1.54, 1.807) is 0 Å². The van der Waals surface area contributed by atoms with Gasteiger partial charge in [-0.2, -0.15) is 0 Å². The number of carbonyl (C=O) groups excluding carboxylic acids is 3. The van der Waals surface area contributed by atoms with Crippen LogP contribution in [0.25, 0.3) is 11.3 Å². The summed E-state index contributed by atoms with van der Waals surface area (Å²) in [5.41, 5.74) is 0.804. The van der Waals surface area contributed by atoms with Crippen molar-refractivity contribution in [3.05, 3.63) is 29.6 Å². The molecule has 0 bridgehead atoms. The van der Waals surface area contributed by atoms with Crippen molar-refractivity contribution in [1.82, 2.24) is 15.2 Å². The van der Waals surface area contributed by atoms with Gasteiger partial charge >= 0.3 is 6.03 Å². The Morgan fingerprint density at radius 3 is 2.64 bits per heavy atom. The maximum atomic E-state index is 13.0. The van der Waals surface area contributed by atoms with E-state index in [1.165, 1.54) is 11.3 Å². The monoisotopic (exact) mass is 470 g/mol. The van der Waals surface area contributed by atoms with E-state index in [4.69, 9.17) is 4.74 Å². The molecule has 2 aromatic rings. The van der Waals surface area contributed by atoms with E-state index in [9.17, 15) is 14.4 Å². The van der Waals surface area contributed by atoms with Crippen LogP contribution in [0, 0.1) is 5.92 Å². The molecule has 4 rings (SSSR count). The molecule has 1 saturated heterocycles. The summed E-state index contributed by atoms with van der Waals surface area (Å²) in [4.78, 5) is 43.6. The molecule has 8 nitrogen and oxygen atoms in total. The smallest absolute Gasteiger partial charge is 0.325 e. The van der Waals surface area contributed by atoms with Gasteiger partial charge in [-0.3, -0.25) is 14.5 Å². The van der Waals surface area contributed by atoms with Crippen molar-refractivity contribution in [2.75, 3.05) is 18.5 Å². The van der Waals surface area contributed by atoms with Gasteiger partial charge in [0.1, 0.15) is 17.8 Å². The predicted molar refractivity (Wildman–Crippen MR) is 127 cm³/mol. The minimum absolute atomic E-state index is 0.289. The van der Waals surface area contributed by atoms with Crippen LogP contribution < -0.4 is 15.4 Å². The van der Waals surface area contributed by atoms with Crippen molar-refractivity contribution in [2.45, 2.75) is 57.9 Å². The number of anilines is 1. The summed E-state index contributed by atoms with van der Waals surface area (Å²) in [6.45, 7) is 4.56. The number of rotatable bonds is 8. The summed E-state index contributed by atoms with van der Waals surface area (Å²) in [5.74, 6) is 0.667. The van der Waals surface area contributed by atoms with Crippen molar-refractivity contribution >= 4 is 34.3 Å². The SMILES string of the molecule is CCCOc1ccc(-c2csc(NC(=O)CN3C(=O)NC4(CCC(CC)CC4)C3=O)n2)cc1. The highest BCUT2D eigenvalue weighted by atomic mass is 32.1. The maximum Gasteiger partial charge on any atom is 0.325 e. The fraction of sp³-hybridized carbons (Fsp3) is 0.500. The molecule has 2 heterocycles. The number of imide groups is 1. The van der Waals surface area contributed by atoms with Crippen LogP contribution in [0.1, 0.15) is 52.4 Å². The first kappa shape index (κ1) is 23.2. The molecule has 0 atom stereocenters. The first-order valence-corrected chi connectivity index (χ1v) is 12.4. The van der Waals surface area contributed by atoms with Crippen LogP contribution in [0.4, 0.5) is 9.93 Å². The molecule has 0 radical (unpaired) electrons. The fourth-order valence-electron chi connectivity index (χ4n) is 4.45. The molecule has 1 saturated carbocycles. The number of aromatic nitrogens is 1. The molecular formula is C24H30N4O4S. The van der Waals surface area contributed by atoms with E-state index in [0.29, 0.717) is 30.5 Å². The van der Waals surface area contributed by atoms with Crippen LogP contribution in [0.3, 0.4) is 0 Å². The van der Waals surface area contributed by atoms with E-state index in [2.05, 4.69) is 29.5 Å². The summed E-state index contributed by atoms with van der Waals surface area (Å²) in [5, 5.41) is 7.85. The second-order valence-electron chi connectivity index (χ2n) is 8.71. The Bertz CT molecular complexity index is 1010. The van der Waals surface area contributed by atoms with E-state index < -0.39 is 17.5 Å². The van der Waals surface area contributed by atoms with Crippen molar-refractivity contribution in [1.29, 1.82) is 0 Å². The molecule has 9 heteroatoms. The van der Waals surface area contributed by atoms with Gasteiger partial charge in [-0.25, -0.2) is 9.78 Å². The molecule has 2 aliphatic rings. The molecular weight excluding hydrogens is 440 g/mol. The van der Waals surface area contributed by atoms with Gasteiger partial charge in [-0.05, 0) is 62.3 Å². The molecule has 1 aliphatic carbocycles. The van der Waals surface area contributed by atoms with Crippen LogP contribution in [0.5, 0.6) is 5.75 Å². The van der Waals surface area contributed by atoms with Crippen molar-refractivity contribution in [2.24, 2.45) is 5.92 Å². The fourth-order valence-corrected chi connectivity index (χ4v) is 5.18. The van der Waals surface area contributed by atoms with Gasteiger partial charge in [0.05, 0.1) is 12.3 Å². The summed E-state index contributed by atoms with van der Waals surface area (Å²) < 4.78 is 5.60.